The molecule has 1 aromatic rings. The van der Waals surface area contributed by atoms with Crippen LogP contribution in [-0.4, -0.2) is 33.9 Å². The molecule has 1 heterocycles. The van der Waals surface area contributed by atoms with Crippen LogP contribution in [0.2, 0.25) is 0 Å². The molecule has 0 aliphatic carbocycles. The van der Waals surface area contributed by atoms with Crippen molar-refractivity contribution >= 4 is 5.97 Å². The first-order chi connectivity index (χ1) is 6.68. The second-order valence-corrected chi connectivity index (χ2v) is 3.17. The minimum absolute atomic E-state index is 0.174. The lowest BCUT2D eigenvalue weighted by molar-refractivity contribution is -0.136. The molecule has 0 spiro atoms. The third-order valence-electron chi connectivity index (χ3n) is 1.86. The fourth-order valence-electron chi connectivity index (χ4n) is 1.15. The molecule has 0 atom stereocenters. The number of carbonyl (C=O) groups is 1. The van der Waals surface area contributed by atoms with E-state index in [0.29, 0.717) is 6.54 Å². The van der Waals surface area contributed by atoms with Crippen LogP contribution in [0.5, 0.6) is 0 Å². The Bertz CT molecular complexity index is 296. The van der Waals surface area contributed by atoms with Crippen molar-refractivity contribution in [2.75, 3.05) is 13.1 Å². The van der Waals surface area contributed by atoms with Gasteiger partial charge in [0.05, 0.1) is 12.6 Å². The first-order valence-electron chi connectivity index (χ1n) is 4.58. The number of hydrogen-bond donors (Lipinski definition) is 2. The molecule has 2 N–H and O–H groups in total. The summed E-state index contributed by atoms with van der Waals surface area (Å²) in [6.45, 7) is 1.31. The lowest BCUT2D eigenvalue weighted by Crippen LogP contribution is -2.20. The van der Waals surface area contributed by atoms with Gasteiger partial charge in [0.1, 0.15) is 0 Å². The van der Waals surface area contributed by atoms with Gasteiger partial charge >= 0.3 is 5.97 Å². The summed E-state index contributed by atoms with van der Waals surface area (Å²) in [6, 6.07) is 0. The van der Waals surface area contributed by atoms with E-state index in [1.807, 2.05) is 19.4 Å². The molecule has 5 nitrogen and oxygen atoms in total. The molecule has 1 rings (SSSR count). The summed E-state index contributed by atoms with van der Waals surface area (Å²) in [6.07, 6.45) is 4.83. The number of aliphatic carboxylic acids is 1. The van der Waals surface area contributed by atoms with E-state index in [9.17, 15) is 4.79 Å². The fraction of sp³-hybridized carbons (Fsp3) is 0.556. The van der Waals surface area contributed by atoms with Crippen molar-refractivity contribution < 1.29 is 9.90 Å². The summed E-state index contributed by atoms with van der Waals surface area (Å²) < 4.78 is 1.76. The highest BCUT2D eigenvalue weighted by atomic mass is 16.4. The quantitative estimate of drug-likeness (QED) is 0.631. The number of carboxylic acid groups (broad SMARTS) is 1. The van der Waals surface area contributed by atoms with Gasteiger partial charge in [-0.25, -0.2) is 0 Å². The van der Waals surface area contributed by atoms with Crippen LogP contribution >= 0.6 is 0 Å². The van der Waals surface area contributed by atoms with Crippen LogP contribution in [0, 0.1) is 0 Å². The zero-order chi connectivity index (χ0) is 10.4. The van der Waals surface area contributed by atoms with Gasteiger partial charge in [0, 0.05) is 19.8 Å². The third-order valence-corrected chi connectivity index (χ3v) is 1.86. The molecule has 0 amide bonds. The van der Waals surface area contributed by atoms with Crippen molar-refractivity contribution in [3.05, 3.63) is 18.0 Å². The van der Waals surface area contributed by atoms with Crippen LogP contribution in [-0.2, 0) is 18.3 Å². The van der Waals surface area contributed by atoms with Gasteiger partial charge in [0.25, 0.3) is 0 Å². The number of rotatable bonds is 6. The first-order valence-corrected chi connectivity index (χ1v) is 4.58. The molecule has 0 aliphatic heterocycles. The Labute approximate surface area is 82.7 Å². The van der Waals surface area contributed by atoms with Gasteiger partial charge in [-0.05, 0) is 18.5 Å². The highest BCUT2D eigenvalue weighted by molar-refractivity contribution is 5.66. The molecule has 0 aromatic carbocycles. The van der Waals surface area contributed by atoms with Crippen molar-refractivity contribution in [2.45, 2.75) is 12.8 Å². The average Bonchev–Trinajstić information content (AvgIpc) is 2.50. The second kappa shape index (κ2) is 5.39. The van der Waals surface area contributed by atoms with Crippen molar-refractivity contribution in [2.24, 2.45) is 7.05 Å². The number of hydrogen-bond acceptors (Lipinski definition) is 3. The van der Waals surface area contributed by atoms with Crippen LogP contribution in [0.3, 0.4) is 0 Å². The molecular weight excluding hydrogens is 182 g/mol. The van der Waals surface area contributed by atoms with Gasteiger partial charge in [0.15, 0.2) is 0 Å². The molecular formula is C9H15N3O2. The standard InChI is InChI=1S/C9H15N3O2/c1-12-7-8(6-11-12)2-4-10-5-3-9(13)14/h6-7,10H,2-5H2,1H3,(H,13,14). The van der Waals surface area contributed by atoms with E-state index in [1.54, 1.807) is 4.68 Å². The Balaban J connectivity index is 2.07. The normalized spacial score (nSPS) is 10.4. The maximum Gasteiger partial charge on any atom is 0.304 e. The minimum atomic E-state index is -0.765. The maximum atomic E-state index is 10.2. The molecule has 14 heavy (non-hydrogen) atoms. The smallest absolute Gasteiger partial charge is 0.304 e. The first kappa shape index (κ1) is 10.7. The number of nitrogens with zero attached hydrogens (tertiary/aromatic N) is 2. The molecule has 0 bridgehead atoms. The minimum Gasteiger partial charge on any atom is -0.481 e. The Hall–Kier alpha value is -1.36. The molecule has 78 valence electrons. The fourth-order valence-corrected chi connectivity index (χ4v) is 1.15. The van der Waals surface area contributed by atoms with Crippen molar-refractivity contribution in [1.29, 1.82) is 0 Å². The van der Waals surface area contributed by atoms with Gasteiger partial charge in [-0.15, -0.1) is 0 Å². The molecule has 5 heteroatoms. The molecule has 0 saturated heterocycles. The van der Waals surface area contributed by atoms with Gasteiger partial charge in [-0.1, -0.05) is 0 Å². The maximum absolute atomic E-state index is 10.2. The molecule has 0 aliphatic rings. The highest BCUT2D eigenvalue weighted by Gasteiger charge is 1.97. The highest BCUT2D eigenvalue weighted by Crippen LogP contribution is 1.95. The van der Waals surface area contributed by atoms with Crippen LogP contribution in [0.15, 0.2) is 12.4 Å². The van der Waals surface area contributed by atoms with Gasteiger partial charge in [0.2, 0.25) is 0 Å². The molecule has 0 unspecified atom stereocenters. The predicted molar refractivity (Wildman–Crippen MR) is 52.0 cm³/mol. The van der Waals surface area contributed by atoms with E-state index in [4.69, 9.17) is 5.11 Å². The van der Waals surface area contributed by atoms with E-state index >= 15 is 0 Å². The lowest BCUT2D eigenvalue weighted by Gasteiger charge is -2.00. The number of carboxylic acids is 1. The molecule has 0 radical (unpaired) electrons. The summed E-state index contributed by atoms with van der Waals surface area (Å²) >= 11 is 0. The van der Waals surface area contributed by atoms with E-state index in [1.165, 1.54) is 0 Å². The average molecular weight is 197 g/mol. The molecule has 0 saturated carbocycles. The number of aryl methyl sites for hydroxylation is 1. The van der Waals surface area contributed by atoms with E-state index < -0.39 is 5.97 Å². The van der Waals surface area contributed by atoms with Crippen molar-refractivity contribution in [3.8, 4) is 0 Å². The van der Waals surface area contributed by atoms with E-state index in [0.717, 1.165) is 18.5 Å². The monoisotopic (exact) mass is 197 g/mol. The third kappa shape index (κ3) is 4.04. The van der Waals surface area contributed by atoms with Crippen LogP contribution in [0.25, 0.3) is 0 Å². The zero-order valence-corrected chi connectivity index (χ0v) is 8.23. The number of aromatic nitrogens is 2. The Morgan fingerprint density at radius 2 is 2.43 bits per heavy atom. The summed E-state index contributed by atoms with van der Waals surface area (Å²) in [5.41, 5.74) is 1.16. The second-order valence-electron chi connectivity index (χ2n) is 3.17. The Morgan fingerprint density at radius 3 is 3.00 bits per heavy atom. The topological polar surface area (TPSA) is 67.2 Å². The summed E-state index contributed by atoms with van der Waals surface area (Å²) in [5, 5.41) is 15.5. The predicted octanol–water partition coefficient (Wildman–Crippen LogP) is 0.0269. The summed E-state index contributed by atoms with van der Waals surface area (Å²) in [7, 11) is 1.88. The Kier molecular flexibility index (Phi) is 4.12. The lowest BCUT2D eigenvalue weighted by atomic mass is 10.2. The van der Waals surface area contributed by atoms with Gasteiger partial charge in [-0.2, -0.15) is 5.10 Å². The van der Waals surface area contributed by atoms with E-state index in [2.05, 4.69) is 10.4 Å². The van der Waals surface area contributed by atoms with E-state index in [-0.39, 0.29) is 6.42 Å². The summed E-state index contributed by atoms with van der Waals surface area (Å²) in [5.74, 6) is -0.765. The molecule has 1 aromatic heterocycles. The largest absolute Gasteiger partial charge is 0.481 e. The Morgan fingerprint density at radius 1 is 1.64 bits per heavy atom. The van der Waals surface area contributed by atoms with Crippen LogP contribution < -0.4 is 5.32 Å². The van der Waals surface area contributed by atoms with Crippen LogP contribution in [0.4, 0.5) is 0 Å². The SMILES string of the molecule is Cn1cc(CCNCCC(=O)O)cn1. The van der Waals surface area contributed by atoms with Crippen molar-refractivity contribution in [1.82, 2.24) is 15.1 Å². The van der Waals surface area contributed by atoms with Crippen LogP contribution in [0.1, 0.15) is 12.0 Å². The van der Waals surface area contributed by atoms with Crippen molar-refractivity contribution in [3.63, 3.8) is 0 Å². The summed E-state index contributed by atoms with van der Waals surface area (Å²) in [4.78, 5) is 10.2. The molecule has 0 fully saturated rings. The van der Waals surface area contributed by atoms with Gasteiger partial charge < -0.3 is 10.4 Å². The van der Waals surface area contributed by atoms with Gasteiger partial charge in [-0.3, -0.25) is 9.48 Å². The zero-order valence-electron chi connectivity index (χ0n) is 8.23. The number of nitrogens with one attached hydrogen (secondary N) is 1.